The number of nitrogens with zero attached hydrogens (tertiary/aromatic N) is 2. The Morgan fingerprint density at radius 1 is 1.24 bits per heavy atom. The van der Waals surface area contributed by atoms with E-state index in [9.17, 15) is 5.11 Å². The smallest absolute Gasteiger partial charge is 0.138 e. The van der Waals surface area contributed by atoms with Crippen LogP contribution in [0.4, 0.5) is 0 Å². The molecule has 17 heavy (non-hydrogen) atoms. The summed E-state index contributed by atoms with van der Waals surface area (Å²) in [5.74, 6) is 0.914. The van der Waals surface area contributed by atoms with Crippen molar-refractivity contribution in [1.29, 1.82) is 0 Å². The molecule has 2 N–H and O–H groups in total. The van der Waals surface area contributed by atoms with E-state index in [0.717, 1.165) is 22.4 Å². The normalized spacial score (nSPS) is 10.9. The Hall–Kier alpha value is -1.88. The second-order valence-corrected chi connectivity index (χ2v) is 4.50. The van der Waals surface area contributed by atoms with Crippen LogP contribution in [-0.4, -0.2) is 20.1 Å². The van der Waals surface area contributed by atoms with E-state index in [1.807, 2.05) is 12.1 Å². The Kier molecular flexibility index (Phi) is 2.33. The highest BCUT2D eigenvalue weighted by molar-refractivity contribution is 9.10. The lowest BCUT2D eigenvalue weighted by Crippen LogP contribution is -1.80. The lowest BCUT2D eigenvalue weighted by atomic mass is 10.2. The Labute approximate surface area is 105 Å². The van der Waals surface area contributed by atoms with Gasteiger partial charge in [-0.1, -0.05) is 0 Å². The molecule has 1 aromatic carbocycles. The van der Waals surface area contributed by atoms with Crippen LogP contribution in [0.1, 0.15) is 0 Å². The second kappa shape index (κ2) is 3.85. The molecule has 0 fully saturated rings. The zero-order chi connectivity index (χ0) is 11.8. The quantitative estimate of drug-likeness (QED) is 0.724. The number of aromatic amines is 1. The minimum Gasteiger partial charge on any atom is -0.507 e. The molecule has 0 atom stereocenters. The van der Waals surface area contributed by atoms with Crippen molar-refractivity contribution >= 4 is 27.0 Å². The third-order valence-electron chi connectivity index (χ3n) is 2.50. The van der Waals surface area contributed by atoms with E-state index in [4.69, 9.17) is 0 Å². The van der Waals surface area contributed by atoms with Gasteiger partial charge in [-0.3, -0.25) is 4.98 Å². The monoisotopic (exact) mass is 289 g/mol. The maximum atomic E-state index is 9.64. The summed E-state index contributed by atoms with van der Waals surface area (Å²) < 4.78 is 0.666. The third-order valence-corrected chi connectivity index (χ3v) is 3.17. The van der Waals surface area contributed by atoms with Crippen molar-refractivity contribution in [1.82, 2.24) is 15.0 Å². The predicted molar refractivity (Wildman–Crippen MR) is 68.7 cm³/mol. The molecule has 5 heteroatoms. The van der Waals surface area contributed by atoms with Gasteiger partial charge < -0.3 is 10.1 Å². The zero-order valence-electron chi connectivity index (χ0n) is 8.68. The Morgan fingerprint density at radius 3 is 2.88 bits per heavy atom. The number of H-pyrrole nitrogens is 1. The Balaban J connectivity index is 2.17. The highest BCUT2D eigenvalue weighted by Gasteiger charge is 2.07. The van der Waals surface area contributed by atoms with Crippen LogP contribution in [0.25, 0.3) is 22.4 Å². The second-order valence-electron chi connectivity index (χ2n) is 3.64. The first-order valence-electron chi connectivity index (χ1n) is 5.02. The van der Waals surface area contributed by atoms with Gasteiger partial charge in [0.1, 0.15) is 11.6 Å². The molecule has 0 aliphatic carbocycles. The molecule has 3 rings (SSSR count). The van der Waals surface area contributed by atoms with Crippen molar-refractivity contribution in [2.45, 2.75) is 0 Å². The number of aromatic nitrogens is 3. The van der Waals surface area contributed by atoms with Gasteiger partial charge in [0.15, 0.2) is 0 Å². The number of nitrogens with one attached hydrogen (secondary N) is 1. The van der Waals surface area contributed by atoms with Gasteiger partial charge in [0.25, 0.3) is 0 Å². The van der Waals surface area contributed by atoms with E-state index < -0.39 is 0 Å². The summed E-state index contributed by atoms with van der Waals surface area (Å²) in [5, 5.41) is 9.64. The van der Waals surface area contributed by atoms with Gasteiger partial charge in [0.2, 0.25) is 0 Å². The minimum absolute atomic E-state index is 0.195. The van der Waals surface area contributed by atoms with Crippen LogP contribution in [-0.2, 0) is 0 Å². The molecule has 2 heterocycles. The van der Waals surface area contributed by atoms with Crippen LogP contribution in [0.15, 0.2) is 41.1 Å². The topological polar surface area (TPSA) is 61.8 Å². The number of hydrogen-bond acceptors (Lipinski definition) is 3. The minimum atomic E-state index is 0.195. The number of imidazole rings is 1. The van der Waals surface area contributed by atoms with E-state index in [2.05, 4.69) is 30.9 Å². The molecule has 0 saturated carbocycles. The summed E-state index contributed by atoms with van der Waals surface area (Å²) in [5.41, 5.74) is 2.57. The van der Waals surface area contributed by atoms with Crippen LogP contribution in [0, 0.1) is 0 Å². The first-order valence-corrected chi connectivity index (χ1v) is 5.82. The van der Waals surface area contributed by atoms with Crippen molar-refractivity contribution < 1.29 is 5.11 Å². The number of hydrogen-bond donors (Lipinski definition) is 2. The van der Waals surface area contributed by atoms with Gasteiger partial charge in [0, 0.05) is 11.8 Å². The maximum Gasteiger partial charge on any atom is 0.138 e. The number of phenolic OH excluding ortho intramolecular Hbond substituents is 1. The number of rotatable bonds is 1. The molecular weight excluding hydrogens is 282 g/mol. The number of pyridine rings is 1. The van der Waals surface area contributed by atoms with Crippen LogP contribution in [0.3, 0.4) is 0 Å². The summed E-state index contributed by atoms with van der Waals surface area (Å²) >= 11 is 3.25. The van der Waals surface area contributed by atoms with Gasteiger partial charge in [-0.05, 0) is 40.2 Å². The number of aromatic hydroxyl groups is 1. The Morgan fingerprint density at radius 2 is 2.12 bits per heavy atom. The standard InChI is InChI=1S/C12H8BrN3O/c13-8-2-1-7(5-11(8)17)12-15-9-3-4-14-6-10(9)16-12/h1-6,17H,(H,15,16). The van der Waals surface area contributed by atoms with Gasteiger partial charge in [0.05, 0.1) is 21.7 Å². The molecule has 84 valence electrons. The molecule has 0 amide bonds. The van der Waals surface area contributed by atoms with Gasteiger partial charge in [-0.25, -0.2) is 4.98 Å². The van der Waals surface area contributed by atoms with E-state index in [1.165, 1.54) is 0 Å². The Bertz CT molecular complexity index is 660. The summed E-state index contributed by atoms with van der Waals surface area (Å²) in [6.07, 6.45) is 3.43. The molecule has 0 radical (unpaired) electrons. The van der Waals surface area contributed by atoms with Gasteiger partial charge in [-0.15, -0.1) is 0 Å². The van der Waals surface area contributed by atoms with Crippen molar-refractivity contribution in [2.24, 2.45) is 0 Å². The summed E-state index contributed by atoms with van der Waals surface area (Å²) in [7, 11) is 0. The average molecular weight is 290 g/mol. The molecule has 0 aliphatic rings. The summed E-state index contributed by atoms with van der Waals surface area (Å²) in [6.45, 7) is 0. The van der Waals surface area contributed by atoms with Gasteiger partial charge >= 0.3 is 0 Å². The number of fused-ring (bicyclic) bond motifs is 1. The highest BCUT2D eigenvalue weighted by Crippen LogP contribution is 2.29. The van der Waals surface area contributed by atoms with Crippen LogP contribution in [0.2, 0.25) is 0 Å². The van der Waals surface area contributed by atoms with E-state index in [1.54, 1.807) is 24.5 Å². The lowest BCUT2D eigenvalue weighted by molar-refractivity contribution is 0.472. The first kappa shape index (κ1) is 10.3. The van der Waals surface area contributed by atoms with Crippen LogP contribution in [0.5, 0.6) is 5.75 Å². The maximum absolute atomic E-state index is 9.64. The molecule has 0 spiro atoms. The molecule has 3 aromatic rings. The molecule has 0 saturated heterocycles. The first-order chi connectivity index (χ1) is 8.24. The van der Waals surface area contributed by atoms with E-state index in [0.29, 0.717) is 4.47 Å². The fourth-order valence-electron chi connectivity index (χ4n) is 1.65. The van der Waals surface area contributed by atoms with Crippen LogP contribution >= 0.6 is 15.9 Å². The molecule has 0 bridgehead atoms. The lowest BCUT2D eigenvalue weighted by Gasteiger charge is -1.99. The van der Waals surface area contributed by atoms with Crippen molar-refractivity contribution in [3.8, 4) is 17.1 Å². The largest absolute Gasteiger partial charge is 0.507 e. The molecular formula is C12H8BrN3O. The summed E-state index contributed by atoms with van der Waals surface area (Å²) in [4.78, 5) is 11.6. The fraction of sp³-hybridized carbons (Fsp3) is 0. The molecule has 0 unspecified atom stereocenters. The fourth-order valence-corrected chi connectivity index (χ4v) is 1.90. The molecule has 4 nitrogen and oxygen atoms in total. The van der Waals surface area contributed by atoms with E-state index >= 15 is 0 Å². The third kappa shape index (κ3) is 1.78. The predicted octanol–water partition coefficient (Wildman–Crippen LogP) is 3.09. The highest BCUT2D eigenvalue weighted by atomic mass is 79.9. The van der Waals surface area contributed by atoms with E-state index in [-0.39, 0.29) is 5.75 Å². The van der Waals surface area contributed by atoms with Crippen molar-refractivity contribution in [3.05, 3.63) is 41.1 Å². The number of benzene rings is 1. The van der Waals surface area contributed by atoms with Crippen LogP contribution < -0.4 is 0 Å². The molecule has 0 aliphatic heterocycles. The average Bonchev–Trinajstić information content (AvgIpc) is 2.76. The van der Waals surface area contributed by atoms with Crippen molar-refractivity contribution in [2.75, 3.05) is 0 Å². The number of halogens is 1. The SMILES string of the molecule is Oc1cc(-c2nc3ccncc3[nH]2)ccc1Br. The number of phenols is 1. The van der Waals surface area contributed by atoms with Crippen molar-refractivity contribution in [3.63, 3.8) is 0 Å². The van der Waals surface area contributed by atoms with Gasteiger partial charge in [-0.2, -0.15) is 0 Å². The summed E-state index contributed by atoms with van der Waals surface area (Å²) in [6, 6.07) is 7.17. The zero-order valence-corrected chi connectivity index (χ0v) is 10.3. The molecule has 2 aromatic heterocycles.